The molecule has 0 atom stereocenters. The Labute approximate surface area is 123 Å². The van der Waals surface area contributed by atoms with Crippen molar-refractivity contribution in [2.45, 2.75) is 20.4 Å². The van der Waals surface area contributed by atoms with E-state index in [4.69, 9.17) is 5.73 Å². The number of nitrogens with zero attached hydrogens (tertiary/aromatic N) is 2. The zero-order valence-corrected chi connectivity index (χ0v) is 13.4. The molecule has 0 saturated heterocycles. The highest BCUT2D eigenvalue weighted by Gasteiger charge is 2.12. The lowest BCUT2D eigenvalue weighted by Gasteiger charge is -2.23. The van der Waals surface area contributed by atoms with Gasteiger partial charge in [-0.25, -0.2) is 0 Å². The van der Waals surface area contributed by atoms with Crippen LogP contribution in [0.15, 0.2) is 22.7 Å². The van der Waals surface area contributed by atoms with Crippen LogP contribution in [0.4, 0.5) is 5.69 Å². The molecule has 1 aromatic carbocycles. The number of nitrogen functional groups attached to an aromatic ring is 1. The van der Waals surface area contributed by atoms with Gasteiger partial charge >= 0.3 is 0 Å². The van der Waals surface area contributed by atoms with Gasteiger partial charge in [-0.1, -0.05) is 15.9 Å². The zero-order valence-electron chi connectivity index (χ0n) is 11.8. The molecule has 0 heterocycles. The summed E-state index contributed by atoms with van der Waals surface area (Å²) < 4.78 is 0.964. The van der Waals surface area contributed by atoms with Gasteiger partial charge in [-0.05, 0) is 44.7 Å². The van der Waals surface area contributed by atoms with Crippen LogP contribution in [-0.2, 0) is 11.3 Å². The Kier molecular flexibility index (Phi) is 6.31. The molecule has 0 bridgehead atoms. The number of hydrogen-bond acceptors (Lipinski definition) is 3. The number of amides is 1. The third kappa shape index (κ3) is 5.20. The van der Waals surface area contributed by atoms with Crippen molar-refractivity contribution in [3.05, 3.63) is 28.2 Å². The second-order valence-electron chi connectivity index (χ2n) is 4.63. The number of nitrogens with two attached hydrogens (primary N) is 1. The first-order valence-corrected chi connectivity index (χ1v) is 7.26. The van der Waals surface area contributed by atoms with Gasteiger partial charge in [0.1, 0.15) is 0 Å². The van der Waals surface area contributed by atoms with Crippen LogP contribution in [0, 0.1) is 0 Å². The third-order valence-electron chi connectivity index (χ3n) is 2.95. The van der Waals surface area contributed by atoms with Crippen LogP contribution in [0.3, 0.4) is 0 Å². The van der Waals surface area contributed by atoms with Crippen molar-refractivity contribution in [1.29, 1.82) is 0 Å². The normalized spacial score (nSPS) is 10.8. The lowest BCUT2D eigenvalue weighted by atomic mass is 10.2. The topological polar surface area (TPSA) is 49.6 Å². The van der Waals surface area contributed by atoms with Gasteiger partial charge in [0.15, 0.2) is 0 Å². The van der Waals surface area contributed by atoms with Crippen molar-refractivity contribution in [3.8, 4) is 0 Å². The van der Waals surface area contributed by atoms with Crippen molar-refractivity contribution in [3.63, 3.8) is 0 Å². The molecule has 0 fully saturated rings. The number of hydrogen-bond donors (Lipinski definition) is 1. The summed E-state index contributed by atoms with van der Waals surface area (Å²) in [6, 6.07) is 5.82. The van der Waals surface area contributed by atoms with Gasteiger partial charge in [0.25, 0.3) is 0 Å². The van der Waals surface area contributed by atoms with E-state index in [1.807, 2.05) is 48.9 Å². The monoisotopic (exact) mass is 327 g/mol. The summed E-state index contributed by atoms with van der Waals surface area (Å²) >= 11 is 3.43. The number of likely N-dealkylation sites (N-methyl/N-ethyl adjacent to an activating group) is 2. The minimum atomic E-state index is 0.162. The van der Waals surface area contributed by atoms with Crippen molar-refractivity contribution >= 4 is 27.5 Å². The van der Waals surface area contributed by atoms with Gasteiger partial charge < -0.3 is 10.6 Å². The molecule has 0 unspecified atom stereocenters. The summed E-state index contributed by atoms with van der Waals surface area (Å²) in [5.41, 5.74) is 7.63. The predicted molar refractivity (Wildman–Crippen MR) is 82.8 cm³/mol. The molecule has 0 aliphatic heterocycles. The largest absolute Gasteiger partial charge is 0.399 e. The number of benzene rings is 1. The van der Waals surface area contributed by atoms with Crippen LogP contribution in [0.5, 0.6) is 0 Å². The maximum atomic E-state index is 12.0. The van der Waals surface area contributed by atoms with Gasteiger partial charge in [-0.2, -0.15) is 0 Å². The van der Waals surface area contributed by atoms with E-state index in [-0.39, 0.29) is 5.91 Å². The van der Waals surface area contributed by atoms with Crippen molar-refractivity contribution in [2.75, 3.05) is 32.4 Å². The van der Waals surface area contributed by atoms with Crippen LogP contribution < -0.4 is 5.73 Å². The number of rotatable bonds is 6. The Bertz CT molecular complexity index is 412. The van der Waals surface area contributed by atoms with Gasteiger partial charge in [-0.15, -0.1) is 0 Å². The van der Waals surface area contributed by atoms with E-state index >= 15 is 0 Å². The average molecular weight is 328 g/mol. The van der Waals surface area contributed by atoms with Crippen LogP contribution in [0.25, 0.3) is 0 Å². The molecule has 1 aromatic rings. The lowest BCUT2D eigenvalue weighted by Crippen LogP contribution is -2.38. The predicted octanol–water partition coefficient (Wildman–Crippen LogP) is 2.33. The molecule has 0 spiro atoms. The van der Waals surface area contributed by atoms with Gasteiger partial charge in [0, 0.05) is 29.8 Å². The van der Waals surface area contributed by atoms with Crippen LogP contribution >= 0.6 is 15.9 Å². The number of halogens is 1. The highest BCUT2D eigenvalue weighted by molar-refractivity contribution is 9.10. The second kappa shape index (κ2) is 7.50. The summed E-state index contributed by atoms with van der Waals surface area (Å²) in [7, 11) is 1.94. The molecule has 0 aromatic heterocycles. The summed E-state index contributed by atoms with van der Waals surface area (Å²) in [6.07, 6.45) is 0. The second-order valence-corrected chi connectivity index (χ2v) is 5.55. The van der Waals surface area contributed by atoms with Crippen LogP contribution in [0.1, 0.15) is 19.4 Å². The van der Waals surface area contributed by atoms with E-state index < -0.39 is 0 Å². The van der Waals surface area contributed by atoms with Crippen molar-refractivity contribution in [1.82, 2.24) is 9.80 Å². The summed E-state index contributed by atoms with van der Waals surface area (Å²) in [5, 5.41) is 0. The fraction of sp³-hybridized carbons (Fsp3) is 0.500. The van der Waals surface area contributed by atoms with Crippen LogP contribution in [0.2, 0.25) is 0 Å². The lowest BCUT2D eigenvalue weighted by molar-refractivity contribution is -0.131. The maximum absolute atomic E-state index is 12.0. The first-order valence-electron chi connectivity index (χ1n) is 6.47. The van der Waals surface area contributed by atoms with Gasteiger partial charge in [0.2, 0.25) is 5.91 Å². The summed E-state index contributed by atoms with van der Waals surface area (Å²) in [6.45, 7) is 6.64. The average Bonchev–Trinajstić information content (AvgIpc) is 2.28. The minimum absolute atomic E-state index is 0.162. The van der Waals surface area contributed by atoms with E-state index in [0.717, 1.165) is 28.8 Å². The Morgan fingerprint density at radius 2 is 1.89 bits per heavy atom. The minimum Gasteiger partial charge on any atom is -0.399 e. The molecule has 1 rings (SSSR count). The van der Waals surface area contributed by atoms with Crippen molar-refractivity contribution in [2.24, 2.45) is 0 Å². The first-order chi connectivity index (χ1) is 8.96. The standard InChI is InChI=1S/C14H22BrN3O/c1-4-18(5-2)14(19)10-17(3)9-11-6-12(15)8-13(16)7-11/h6-8H,4-5,9-10,16H2,1-3H3. The van der Waals surface area contributed by atoms with E-state index in [1.165, 1.54) is 0 Å². The SMILES string of the molecule is CCN(CC)C(=O)CN(C)Cc1cc(N)cc(Br)c1. The molecule has 1 amide bonds. The Hall–Kier alpha value is -1.07. The molecule has 19 heavy (non-hydrogen) atoms. The summed E-state index contributed by atoms with van der Waals surface area (Å²) in [4.78, 5) is 15.8. The Balaban J connectivity index is 2.59. The Morgan fingerprint density at radius 3 is 2.42 bits per heavy atom. The molecule has 0 aliphatic rings. The first kappa shape index (κ1) is 16.0. The number of carbonyl (C=O) groups is 1. The molecular formula is C14H22BrN3O. The van der Waals surface area contributed by atoms with Crippen LogP contribution in [-0.4, -0.2) is 42.4 Å². The number of anilines is 1. The highest BCUT2D eigenvalue weighted by Crippen LogP contribution is 2.18. The molecule has 0 radical (unpaired) electrons. The molecular weight excluding hydrogens is 306 g/mol. The fourth-order valence-electron chi connectivity index (χ4n) is 2.04. The highest BCUT2D eigenvalue weighted by atomic mass is 79.9. The van der Waals surface area contributed by atoms with E-state index in [0.29, 0.717) is 13.1 Å². The van der Waals surface area contributed by atoms with E-state index in [9.17, 15) is 4.79 Å². The van der Waals surface area contributed by atoms with E-state index in [1.54, 1.807) is 0 Å². The molecule has 106 valence electrons. The fourth-order valence-corrected chi connectivity index (χ4v) is 2.60. The smallest absolute Gasteiger partial charge is 0.236 e. The van der Waals surface area contributed by atoms with E-state index in [2.05, 4.69) is 15.9 Å². The summed E-state index contributed by atoms with van der Waals surface area (Å²) in [5.74, 6) is 0.162. The molecule has 0 saturated carbocycles. The Morgan fingerprint density at radius 1 is 1.26 bits per heavy atom. The molecule has 2 N–H and O–H groups in total. The third-order valence-corrected chi connectivity index (χ3v) is 3.41. The van der Waals surface area contributed by atoms with Gasteiger partial charge in [0.05, 0.1) is 6.54 Å². The zero-order chi connectivity index (χ0) is 14.4. The maximum Gasteiger partial charge on any atom is 0.236 e. The molecule has 5 heteroatoms. The van der Waals surface area contributed by atoms with Gasteiger partial charge in [-0.3, -0.25) is 9.69 Å². The molecule has 4 nitrogen and oxygen atoms in total. The molecule has 0 aliphatic carbocycles. The van der Waals surface area contributed by atoms with Crippen molar-refractivity contribution < 1.29 is 4.79 Å². The quantitative estimate of drug-likeness (QED) is 0.816. The number of carbonyl (C=O) groups excluding carboxylic acids is 1.